The van der Waals surface area contributed by atoms with Crippen LogP contribution in [0.15, 0.2) is 22.7 Å². The maximum atomic E-state index is 12.5. The predicted molar refractivity (Wildman–Crippen MR) is 78.3 cm³/mol. The Hall–Kier alpha value is -1.07. The number of rotatable bonds is 2. The Morgan fingerprint density at radius 3 is 2.74 bits per heavy atom. The summed E-state index contributed by atoms with van der Waals surface area (Å²) >= 11 is 9.27. The third-order valence-electron chi connectivity index (χ3n) is 3.34. The first-order valence-corrected chi connectivity index (χ1v) is 7.12. The Morgan fingerprint density at radius 1 is 1.47 bits per heavy atom. The molecule has 19 heavy (non-hydrogen) atoms. The van der Waals surface area contributed by atoms with Crippen LogP contribution in [0.5, 0.6) is 0 Å². The summed E-state index contributed by atoms with van der Waals surface area (Å²) in [5.41, 5.74) is -0.196. The Balaban J connectivity index is 2.43. The molecule has 102 valence electrons. The molecule has 1 aromatic carbocycles. The number of amides is 2. The fourth-order valence-corrected chi connectivity index (χ4v) is 2.95. The minimum absolute atomic E-state index is 0.0225. The molecule has 2 amide bonds. The molecule has 0 bridgehead atoms. The van der Waals surface area contributed by atoms with Crippen molar-refractivity contribution in [1.82, 2.24) is 5.32 Å². The molecule has 1 aliphatic rings. The van der Waals surface area contributed by atoms with Crippen LogP contribution >= 0.6 is 27.5 Å². The number of benzene rings is 1. The van der Waals surface area contributed by atoms with E-state index in [9.17, 15) is 9.59 Å². The maximum Gasteiger partial charge on any atom is 0.252 e. The molecule has 1 N–H and O–H groups in total. The van der Waals surface area contributed by atoms with Gasteiger partial charge in [-0.3, -0.25) is 14.5 Å². The molecular weight excluding hydrogens is 332 g/mol. The fourth-order valence-electron chi connectivity index (χ4n) is 2.05. The van der Waals surface area contributed by atoms with E-state index >= 15 is 0 Å². The van der Waals surface area contributed by atoms with Crippen molar-refractivity contribution in [2.45, 2.75) is 25.8 Å². The van der Waals surface area contributed by atoms with Gasteiger partial charge in [-0.15, -0.1) is 0 Å². The highest BCUT2D eigenvalue weighted by Crippen LogP contribution is 2.32. The van der Waals surface area contributed by atoms with Crippen molar-refractivity contribution in [3.63, 3.8) is 0 Å². The van der Waals surface area contributed by atoms with Crippen LogP contribution in [0, 0.1) is 0 Å². The molecule has 1 saturated heterocycles. The van der Waals surface area contributed by atoms with Crippen LogP contribution in [0.3, 0.4) is 0 Å². The first-order valence-electron chi connectivity index (χ1n) is 5.95. The molecule has 1 unspecified atom stereocenters. The van der Waals surface area contributed by atoms with E-state index < -0.39 is 5.54 Å². The van der Waals surface area contributed by atoms with Gasteiger partial charge in [0.1, 0.15) is 12.1 Å². The molecule has 1 fully saturated rings. The van der Waals surface area contributed by atoms with E-state index in [0.29, 0.717) is 21.6 Å². The van der Waals surface area contributed by atoms with Gasteiger partial charge in [0.2, 0.25) is 5.91 Å². The van der Waals surface area contributed by atoms with E-state index in [0.717, 1.165) is 0 Å². The van der Waals surface area contributed by atoms with Crippen molar-refractivity contribution in [1.29, 1.82) is 0 Å². The van der Waals surface area contributed by atoms with Crippen molar-refractivity contribution in [3.8, 4) is 0 Å². The lowest BCUT2D eigenvalue weighted by Gasteiger charge is -2.39. The van der Waals surface area contributed by atoms with Crippen LogP contribution in [-0.4, -0.2) is 23.9 Å². The van der Waals surface area contributed by atoms with Crippen LogP contribution in [0.4, 0.5) is 5.69 Å². The van der Waals surface area contributed by atoms with Gasteiger partial charge in [0.25, 0.3) is 5.91 Å². The number of carbonyl (C=O) groups excluding carboxylic acids is 2. The van der Waals surface area contributed by atoms with Crippen molar-refractivity contribution in [2.24, 2.45) is 0 Å². The molecule has 0 spiro atoms. The first-order chi connectivity index (χ1) is 8.87. The zero-order chi connectivity index (χ0) is 14.2. The summed E-state index contributed by atoms with van der Waals surface area (Å²) in [5.74, 6) is -0.275. The molecule has 6 heteroatoms. The molecule has 0 saturated carbocycles. The van der Waals surface area contributed by atoms with Gasteiger partial charge in [-0.05, 0) is 47.5 Å². The standard InChI is InChI=1S/C13H14BrClN2O2/c1-3-13(2)12(19)17(7-11(18)16-13)10-5-4-8(15)6-9(10)14/h4-6H,3,7H2,1-2H3,(H,16,18). The lowest BCUT2D eigenvalue weighted by molar-refractivity contribution is -0.135. The number of anilines is 1. The van der Waals surface area contributed by atoms with Crippen molar-refractivity contribution >= 4 is 45.0 Å². The fraction of sp³-hybridized carbons (Fsp3) is 0.385. The van der Waals surface area contributed by atoms with E-state index in [4.69, 9.17) is 11.6 Å². The zero-order valence-corrected chi connectivity index (χ0v) is 13.0. The lowest BCUT2D eigenvalue weighted by Crippen LogP contribution is -2.65. The second-order valence-electron chi connectivity index (χ2n) is 4.72. The van der Waals surface area contributed by atoms with E-state index in [1.54, 1.807) is 25.1 Å². The van der Waals surface area contributed by atoms with E-state index in [1.165, 1.54) is 4.90 Å². The van der Waals surface area contributed by atoms with E-state index in [1.807, 2.05) is 6.92 Å². The molecule has 2 rings (SSSR count). The lowest BCUT2D eigenvalue weighted by atomic mass is 9.94. The monoisotopic (exact) mass is 344 g/mol. The van der Waals surface area contributed by atoms with Gasteiger partial charge in [-0.1, -0.05) is 18.5 Å². The Bertz CT molecular complexity index is 549. The summed E-state index contributed by atoms with van der Waals surface area (Å²) in [6.07, 6.45) is 0.541. The van der Waals surface area contributed by atoms with Crippen molar-refractivity contribution < 1.29 is 9.59 Å². The van der Waals surface area contributed by atoms with Crippen molar-refractivity contribution in [2.75, 3.05) is 11.4 Å². The highest BCUT2D eigenvalue weighted by molar-refractivity contribution is 9.10. The van der Waals surface area contributed by atoms with E-state index in [-0.39, 0.29) is 18.4 Å². The Morgan fingerprint density at radius 2 is 2.16 bits per heavy atom. The number of hydrogen-bond acceptors (Lipinski definition) is 2. The predicted octanol–water partition coefficient (Wildman–Crippen LogP) is 2.73. The average molecular weight is 346 g/mol. The summed E-state index contributed by atoms with van der Waals surface area (Å²) in [5, 5.41) is 3.32. The topological polar surface area (TPSA) is 49.4 Å². The molecule has 0 radical (unpaired) electrons. The maximum absolute atomic E-state index is 12.5. The largest absolute Gasteiger partial charge is 0.340 e. The summed E-state index contributed by atoms with van der Waals surface area (Å²) < 4.78 is 0.696. The Labute approximate surface area is 125 Å². The molecule has 1 atom stereocenters. The van der Waals surface area contributed by atoms with Crippen LogP contribution in [0.1, 0.15) is 20.3 Å². The summed E-state index contributed by atoms with van der Waals surface area (Å²) in [4.78, 5) is 25.8. The van der Waals surface area contributed by atoms with Crippen LogP contribution in [0.25, 0.3) is 0 Å². The van der Waals surface area contributed by atoms with Gasteiger partial charge in [-0.2, -0.15) is 0 Å². The second-order valence-corrected chi connectivity index (χ2v) is 6.01. The van der Waals surface area contributed by atoms with Gasteiger partial charge in [0, 0.05) is 9.50 Å². The third-order valence-corrected chi connectivity index (χ3v) is 4.21. The van der Waals surface area contributed by atoms with Gasteiger partial charge in [0.15, 0.2) is 0 Å². The number of carbonyl (C=O) groups is 2. The Kier molecular flexibility index (Phi) is 3.87. The quantitative estimate of drug-likeness (QED) is 0.896. The first kappa shape index (κ1) is 14.3. The third kappa shape index (κ3) is 2.62. The molecular formula is C13H14BrClN2O2. The smallest absolute Gasteiger partial charge is 0.252 e. The summed E-state index contributed by atoms with van der Waals surface area (Å²) in [6, 6.07) is 5.14. The zero-order valence-electron chi connectivity index (χ0n) is 10.7. The SMILES string of the molecule is CCC1(C)NC(=O)CN(c2ccc(Cl)cc2Br)C1=O. The number of piperazine rings is 1. The number of hydrogen-bond donors (Lipinski definition) is 1. The number of halogens is 2. The molecule has 0 aromatic heterocycles. The summed E-state index contributed by atoms with van der Waals surface area (Å²) in [7, 11) is 0. The summed E-state index contributed by atoms with van der Waals surface area (Å²) in [6.45, 7) is 3.64. The van der Waals surface area contributed by atoms with Gasteiger partial charge >= 0.3 is 0 Å². The highest BCUT2D eigenvalue weighted by Gasteiger charge is 2.42. The number of nitrogens with one attached hydrogen (secondary N) is 1. The van der Waals surface area contributed by atoms with Crippen molar-refractivity contribution in [3.05, 3.63) is 27.7 Å². The molecule has 4 nitrogen and oxygen atoms in total. The van der Waals surface area contributed by atoms with Crippen LogP contribution in [0.2, 0.25) is 5.02 Å². The highest BCUT2D eigenvalue weighted by atomic mass is 79.9. The minimum Gasteiger partial charge on any atom is -0.340 e. The molecule has 1 heterocycles. The van der Waals surface area contributed by atoms with Crippen LogP contribution < -0.4 is 10.2 Å². The minimum atomic E-state index is -0.853. The molecule has 1 aromatic rings. The van der Waals surface area contributed by atoms with E-state index in [2.05, 4.69) is 21.2 Å². The molecule has 0 aliphatic carbocycles. The second kappa shape index (κ2) is 5.13. The van der Waals surface area contributed by atoms with Gasteiger partial charge in [0.05, 0.1) is 5.69 Å². The van der Waals surface area contributed by atoms with Crippen LogP contribution in [-0.2, 0) is 9.59 Å². The molecule has 1 aliphatic heterocycles. The number of nitrogens with zero attached hydrogens (tertiary/aromatic N) is 1. The van der Waals surface area contributed by atoms with Gasteiger partial charge in [-0.25, -0.2) is 0 Å². The normalized spacial score (nSPS) is 23.5. The van der Waals surface area contributed by atoms with Gasteiger partial charge < -0.3 is 5.32 Å². The average Bonchev–Trinajstić information content (AvgIpc) is 2.34.